The maximum atomic E-state index is 12.2. The molecule has 0 aliphatic heterocycles. The number of nitro groups is 1. The summed E-state index contributed by atoms with van der Waals surface area (Å²) in [6.07, 6.45) is 4.22. The molecule has 1 aromatic carbocycles. The zero-order valence-corrected chi connectivity index (χ0v) is 13.4. The summed E-state index contributed by atoms with van der Waals surface area (Å²) in [6.45, 7) is 6.15. The Morgan fingerprint density at radius 2 is 2.09 bits per heavy atom. The normalized spacial score (nSPS) is 11.8. The van der Waals surface area contributed by atoms with Crippen LogP contribution in [-0.2, 0) is 0 Å². The predicted octanol–water partition coefficient (Wildman–Crippen LogP) is 3.69. The van der Waals surface area contributed by atoms with E-state index in [0.717, 1.165) is 25.7 Å². The Bertz CT molecular complexity index is 517. The standard InChI is InChI=1S/C16H24N2O4/c1-4-6-7-8-12(3)17-16(19)13-9-10-15(22-5-2)14(11-13)18(20)21/h9-12H,4-8H2,1-3H3,(H,17,19). The third-order valence-corrected chi connectivity index (χ3v) is 3.34. The number of amides is 1. The van der Waals surface area contributed by atoms with E-state index in [-0.39, 0.29) is 28.9 Å². The number of carbonyl (C=O) groups is 1. The van der Waals surface area contributed by atoms with Crippen molar-refractivity contribution in [1.82, 2.24) is 5.32 Å². The summed E-state index contributed by atoms with van der Waals surface area (Å²) < 4.78 is 5.21. The Morgan fingerprint density at radius 3 is 2.68 bits per heavy atom. The zero-order valence-electron chi connectivity index (χ0n) is 13.4. The van der Waals surface area contributed by atoms with Gasteiger partial charge >= 0.3 is 5.69 Å². The number of benzene rings is 1. The van der Waals surface area contributed by atoms with Gasteiger partial charge in [0.05, 0.1) is 11.5 Å². The van der Waals surface area contributed by atoms with Crippen molar-refractivity contribution in [3.05, 3.63) is 33.9 Å². The molecule has 0 fully saturated rings. The average molecular weight is 308 g/mol. The molecule has 1 rings (SSSR count). The summed E-state index contributed by atoms with van der Waals surface area (Å²) in [7, 11) is 0. The van der Waals surface area contributed by atoms with Crippen LogP contribution in [0.2, 0.25) is 0 Å². The summed E-state index contributed by atoms with van der Waals surface area (Å²) in [5.41, 5.74) is 0.0885. The van der Waals surface area contributed by atoms with Crippen LogP contribution in [0.1, 0.15) is 56.8 Å². The number of unbranched alkanes of at least 4 members (excludes halogenated alkanes) is 2. The molecule has 6 nitrogen and oxygen atoms in total. The molecule has 0 bridgehead atoms. The van der Waals surface area contributed by atoms with Gasteiger partial charge in [-0.3, -0.25) is 14.9 Å². The first-order chi connectivity index (χ1) is 10.5. The molecule has 0 aromatic heterocycles. The average Bonchev–Trinajstić information content (AvgIpc) is 2.47. The number of carbonyl (C=O) groups excluding carboxylic acids is 1. The van der Waals surface area contributed by atoms with Crippen molar-refractivity contribution < 1.29 is 14.5 Å². The highest BCUT2D eigenvalue weighted by Gasteiger charge is 2.19. The molecule has 6 heteroatoms. The maximum Gasteiger partial charge on any atom is 0.311 e. The van der Waals surface area contributed by atoms with E-state index in [4.69, 9.17) is 4.74 Å². The Labute approximate surface area is 131 Å². The fraction of sp³-hybridized carbons (Fsp3) is 0.562. The van der Waals surface area contributed by atoms with E-state index in [1.807, 2.05) is 6.92 Å². The first-order valence-corrected chi connectivity index (χ1v) is 7.71. The van der Waals surface area contributed by atoms with E-state index in [0.29, 0.717) is 6.61 Å². The van der Waals surface area contributed by atoms with Gasteiger partial charge in [0.1, 0.15) is 0 Å². The molecule has 0 heterocycles. The van der Waals surface area contributed by atoms with Crippen molar-refractivity contribution in [2.75, 3.05) is 6.61 Å². The molecule has 0 spiro atoms. The SMILES string of the molecule is CCCCCC(C)NC(=O)c1ccc(OCC)c([N+](=O)[O-])c1. The van der Waals surface area contributed by atoms with Crippen LogP contribution in [-0.4, -0.2) is 23.5 Å². The van der Waals surface area contributed by atoms with Crippen molar-refractivity contribution in [1.29, 1.82) is 0 Å². The third kappa shape index (κ3) is 5.35. The number of nitrogens with one attached hydrogen (secondary N) is 1. The fourth-order valence-electron chi connectivity index (χ4n) is 2.16. The highest BCUT2D eigenvalue weighted by Crippen LogP contribution is 2.28. The fourth-order valence-corrected chi connectivity index (χ4v) is 2.16. The first-order valence-electron chi connectivity index (χ1n) is 7.71. The van der Waals surface area contributed by atoms with Gasteiger partial charge in [-0.05, 0) is 32.4 Å². The number of rotatable bonds is 9. The summed E-state index contributed by atoms with van der Waals surface area (Å²) in [6, 6.07) is 4.33. The van der Waals surface area contributed by atoms with Gasteiger partial charge in [-0.1, -0.05) is 26.2 Å². The molecule has 22 heavy (non-hydrogen) atoms. The minimum Gasteiger partial charge on any atom is -0.487 e. The quantitative estimate of drug-likeness (QED) is 0.428. The van der Waals surface area contributed by atoms with E-state index in [9.17, 15) is 14.9 Å². The van der Waals surface area contributed by atoms with Crippen LogP contribution in [0, 0.1) is 10.1 Å². The van der Waals surface area contributed by atoms with Crippen molar-refractivity contribution >= 4 is 11.6 Å². The maximum absolute atomic E-state index is 12.2. The van der Waals surface area contributed by atoms with Crippen molar-refractivity contribution in [2.45, 2.75) is 52.5 Å². The van der Waals surface area contributed by atoms with Crippen molar-refractivity contribution in [2.24, 2.45) is 0 Å². The smallest absolute Gasteiger partial charge is 0.311 e. The zero-order chi connectivity index (χ0) is 16.5. The number of hydrogen-bond donors (Lipinski definition) is 1. The second-order valence-electron chi connectivity index (χ2n) is 5.24. The van der Waals surface area contributed by atoms with Crippen LogP contribution in [0.4, 0.5) is 5.69 Å². The highest BCUT2D eigenvalue weighted by atomic mass is 16.6. The lowest BCUT2D eigenvalue weighted by atomic mass is 10.1. The molecule has 0 aliphatic rings. The lowest BCUT2D eigenvalue weighted by Gasteiger charge is -2.14. The van der Waals surface area contributed by atoms with Crippen LogP contribution in [0.5, 0.6) is 5.75 Å². The lowest BCUT2D eigenvalue weighted by Crippen LogP contribution is -2.32. The van der Waals surface area contributed by atoms with Gasteiger partial charge in [-0.2, -0.15) is 0 Å². The molecule has 1 amide bonds. The Hall–Kier alpha value is -2.11. The molecular formula is C16H24N2O4. The van der Waals surface area contributed by atoms with Gasteiger partial charge in [0, 0.05) is 17.7 Å². The van der Waals surface area contributed by atoms with Gasteiger partial charge in [0.25, 0.3) is 5.91 Å². The molecule has 0 saturated carbocycles. The van der Waals surface area contributed by atoms with Gasteiger partial charge < -0.3 is 10.1 Å². The van der Waals surface area contributed by atoms with Crippen LogP contribution in [0.3, 0.4) is 0 Å². The van der Waals surface area contributed by atoms with Crippen LogP contribution < -0.4 is 10.1 Å². The summed E-state index contributed by atoms with van der Waals surface area (Å²) in [5, 5.41) is 13.9. The number of ether oxygens (including phenoxy) is 1. The first kappa shape index (κ1) is 17.9. The molecule has 1 atom stereocenters. The molecule has 1 unspecified atom stereocenters. The van der Waals surface area contributed by atoms with Crippen LogP contribution in [0.15, 0.2) is 18.2 Å². The summed E-state index contributed by atoms with van der Waals surface area (Å²) in [5.74, 6) is -0.116. The Kier molecular flexibility index (Phi) is 7.36. The summed E-state index contributed by atoms with van der Waals surface area (Å²) >= 11 is 0. The van der Waals surface area contributed by atoms with Gasteiger partial charge in [-0.15, -0.1) is 0 Å². The summed E-state index contributed by atoms with van der Waals surface area (Å²) in [4.78, 5) is 22.7. The number of nitro benzene ring substituents is 1. The van der Waals surface area contributed by atoms with E-state index >= 15 is 0 Å². The highest BCUT2D eigenvalue weighted by molar-refractivity contribution is 5.95. The lowest BCUT2D eigenvalue weighted by molar-refractivity contribution is -0.385. The van der Waals surface area contributed by atoms with Crippen LogP contribution >= 0.6 is 0 Å². The molecule has 1 aromatic rings. The molecule has 0 radical (unpaired) electrons. The molecule has 1 N–H and O–H groups in total. The topological polar surface area (TPSA) is 81.5 Å². The molecule has 0 saturated heterocycles. The predicted molar refractivity (Wildman–Crippen MR) is 85.3 cm³/mol. The van der Waals surface area contributed by atoms with Gasteiger partial charge in [-0.25, -0.2) is 0 Å². The number of nitrogens with zero attached hydrogens (tertiary/aromatic N) is 1. The van der Waals surface area contributed by atoms with E-state index in [1.54, 1.807) is 13.0 Å². The van der Waals surface area contributed by atoms with Crippen LogP contribution in [0.25, 0.3) is 0 Å². The second-order valence-corrected chi connectivity index (χ2v) is 5.24. The minimum absolute atomic E-state index is 0.0460. The largest absolute Gasteiger partial charge is 0.487 e. The van der Waals surface area contributed by atoms with Gasteiger partial charge in [0.2, 0.25) is 0 Å². The molecule has 0 aliphatic carbocycles. The van der Waals surface area contributed by atoms with Gasteiger partial charge in [0.15, 0.2) is 5.75 Å². The monoisotopic (exact) mass is 308 g/mol. The second kappa shape index (κ2) is 9.02. The van der Waals surface area contributed by atoms with E-state index in [2.05, 4.69) is 12.2 Å². The number of hydrogen-bond acceptors (Lipinski definition) is 4. The minimum atomic E-state index is -0.535. The van der Waals surface area contributed by atoms with E-state index in [1.165, 1.54) is 12.1 Å². The molecule has 122 valence electrons. The third-order valence-electron chi connectivity index (χ3n) is 3.34. The van der Waals surface area contributed by atoms with Crippen molar-refractivity contribution in [3.63, 3.8) is 0 Å². The molecular weight excluding hydrogens is 284 g/mol. The van der Waals surface area contributed by atoms with Crippen molar-refractivity contribution in [3.8, 4) is 5.75 Å². The van der Waals surface area contributed by atoms with E-state index < -0.39 is 4.92 Å². The Morgan fingerprint density at radius 1 is 1.36 bits per heavy atom. The Balaban J connectivity index is 2.77.